The highest BCUT2D eigenvalue weighted by Gasteiger charge is 2.15. The summed E-state index contributed by atoms with van der Waals surface area (Å²) < 4.78 is 15.6. The summed E-state index contributed by atoms with van der Waals surface area (Å²) in [5.41, 5.74) is 0. The lowest BCUT2D eigenvalue weighted by atomic mass is 10.5. The summed E-state index contributed by atoms with van der Waals surface area (Å²) in [6, 6.07) is -0.491. The lowest BCUT2D eigenvalue weighted by Gasteiger charge is -2.20. The van der Waals surface area contributed by atoms with Crippen LogP contribution in [0.2, 0.25) is 0 Å². The van der Waals surface area contributed by atoms with Crippen LogP contribution in [-0.4, -0.2) is 71.6 Å². The molecule has 2 N–H and O–H groups in total. The quantitative estimate of drug-likeness (QED) is 0.594. The van der Waals surface area contributed by atoms with Crippen molar-refractivity contribution in [1.82, 2.24) is 10.2 Å². The maximum absolute atomic E-state index is 11.6. The van der Waals surface area contributed by atoms with E-state index in [9.17, 15) is 13.8 Å². The molecule has 0 aromatic carbocycles. The van der Waals surface area contributed by atoms with Gasteiger partial charge in [-0.05, 0) is 0 Å². The van der Waals surface area contributed by atoms with Crippen LogP contribution in [0.25, 0.3) is 0 Å². The second-order valence-corrected chi connectivity index (χ2v) is 4.87. The van der Waals surface area contributed by atoms with Crippen molar-refractivity contribution in [3.63, 3.8) is 0 Å². The van der Waals surface area contributed by atoms with Gasteiger partial charge in [0.2, 0.25) is 0 Å². The third-order valence-corrected chi connectivity index (χ3v) is 2.62. The second kappa shape index (κ2) is 8.94. The number of nitrogens with zero attached hydrogens (tertiary/aromatic N) is 1. The number of aliphatic carboxylic acids is 1. The number of hydrogen-bond donors (Lipinski definition) is 2. The number of nitrogens with one attached hydrogen (secondary N) is 1. The van der Waals surface area contributed by atoms with Crippen LogP contribution in [0.3, 0.4) is 0 Å². The molecule has 0 saturated heterocycles. The minimum absolute atomic E-state index is 0.198. The van der Waals surface area contributed by atoms with E-state index in [1.165, 1.54) is 13.4 Å². The molecule has 1 unspecified atom stereocenters. The van der Waals surface area contributed by atoms with Crippen LogP contribution >= 0.6 is 0 Å². The number of rotatable bonds is 8. The first kappa shape index (κ1) is 15.9. The fraction of sp³-hybridized carbons (Fsp3) is 0.778. The predicted octanol–water partition coefficient (Wildman–Crippen LogP) is -0.892. The molecule has 100 valence electrons. The summed E-state index contributed by atoms with van der Waals surface area (Å²) in [7, 11) is 0.484. The Morgan fingerprint density at radius 3 is 2.59 bits per heavy atom. The predicted molar refractivity (Wildman–Crippen MR) is 63.4 cm³/mol. The molecule has 0 spiro atoms. The van der Waals surface area contributed by atoms with Crippen molar-refractivity contribution in [3.05, 3.63) is 0 Å². The van der Waals surface area contributed by atoms with Gasteiger partial charge in [0.25, 0.3) is 0 Å². The molecule has 0 saturated carbocycles. The SMILES string of the molecule is COCCN(CC(=O)O)C(=O)NCCS(C)=O. The largest absolute Gasteiger partial charge is 0.480 e. The fourth-order valence-electron chi connectivity index (χ4n) is 1.03. The summed E-state index contributed by atoms with van der Waals surface area (Å²) in [5, 5.41) is 11.1. The lowest BCUT2D eigenvalue weighted by molar-refractivity contribution is -0.137. The minimum Gasteiger partial charge on any atom is -0.480 e. The Hall–Kier alpha value is -1.15. The lowest BCUT2D eigenvalue weighted by Crippen LogP contribution is -2.45. The van der Waals surface area contributed by atoms with Gasteiger partial charge in [-0.3, -0.25) is 9.00 Å². The Bertz CT molecular complexity index is 285. The van der Waals surface area contributed by atoms with Crippen molar-refractivity contribution in [2.75, 3.05) is 45.4 Å². The molecule has 17 heavy (non-hydrogen) atoms. The molecule has 0 aromatic heterocycles. The maximum Gasteiger partial charge on any atom is 0.323 e. The van der Waals surface area contributed by atoms with E-state index in [1.807, 2.05) is 0 Å². The van der Waals surface area contributed by atoms with Gasteiger partial charge in [0.05, 0.1) is 6.61 Å². The molecule has 0 rings (SSSR count). The highest BCUT2D eigenvalue weighted by molar-refractivity contribution is 7.84. The zero-order chi connectivity index (χ0) is 13.3. The van der Waals surface area contributed by atoms with Gasteiger partial charge in [-0.1, -0.05) is 0 Å². The molecular weight excluding hydrogens is 248 g/mol. The molecule has 7 nitrogen and oxygen atoms in total. The molecule has 2 amide bonds. The topological polar surface area (TPSA) is 95.9 Å². The first-order valence-electron chi connectivity index (χ1n) is 5.01. The number of amides is 2. The zero-order valence-electron chi connectivity index (χ0n) is 9.97. The molecule has 8 heteroatoms. The molecule has 0 aliphatic carbocycles. The average molecular weight is 266 g/mol. The van der Waals surface area contributed by atoms with Crippen molar-refractivity contribution in [2.24, 2.45) is 0 Å². The number of ether oxygens (including phenoxy) is 1. The minimum atomic E-state index is -1.09. The van der Waals surface area contributed by atoms with Crippen molar-refractivity contribution in [2.45, 2.75) is 0 Å². The van der Waals surface area contributed by atoms with E-state index in [4.69, 9.17) is 9.84 Å². The number of carboxylic acids is 1. The van der Waals surface area contributed by atoms with Gasteiger partial charge >= 0.3 is 12.0 Å². The Labute approximate surface area is 103 Å². The molecule has 0 radical (unpaired) electrons. The van der Waals surface area contributed by atoms with Crippen molar-refractivity contribution in [1.29, 1.82) is 0 Å². The van der Waals surface area contributed by atoms with Gasteiger partial charge in [-0.2, -0.15) is 0 Å². The number of carboxylic acid groups (broad SMARTS) is 1. The summed E-state index contributed by atoms with van der Waals surface area (Å²) >= 11 is 0. The van der Waals surface area contributed by atoms with Crippen LogP contribution in [0, 0.1) is 0 Å². The summed E-state index contributed by atoms with van der Waals surface area (Å²) in [5.74, 6) is -0.743. The maximum atomic E-state index is 11.6. The molecule has 0 bridgehead atoms. The standard InChI is InChI=1S/C9H18N2O5S/c1-16-5-4-11(7-8(12)13)9(14)10-3-6-17(2)15/h3-7H2,1-2H3,(H,10,14)(H,12,13). The molecule has 0 aliphatic heterocycles. The van der Waals surface area contributed by atoms with E-state index >= 15 is 0 Å². The first-order valence-corrected chi connectivity index (χ1v) is 6.73. The number of urea groups is 1. The third-order valence-electron chi connectivity index (χ3n) is 1.84. The van der Waals surface area contributed by atoms with Crippen molar-refractivity contribution < 1.29 is 23.6 Å². The van der Waals surface area contributed by atoms with E-state index < -0.39 is 22.8 Å². The number of methoxy groups -OCH3 is 1. The van der Waals surface area contributed by atoms with Crippen LogP contribution in [0.4, 0.5) is 4.79 Å². The van der Waals surface area contributed by atoms with Gasteiger partial charge in [0.1, 0.15) is 6.54 Å². The average Bonchev–Trinajstić information content (AvgIpc) is 2.22. The fourth-order valence-corrected chi connectivity index (χ4v) is 1.42. The van der Waals surface area contributed by atoms with Gasteiger partial charge in [0, 0.05) is 43.0 Å². The molecular formula is C9H18N2O5S. The van der Waals surface area contributed by atoms with Gasteiger partial charge in [-0.15, -0.1) is 0 Å². The van der Waals surface area contributed by atoms with Crippen LogP contribution < -0.4 is 5.32 Å². The normalized spacial score (nSPS) is 11.9. The molecule has 0 aromatic rings. The summed E-state index contributed by atoms with van der Waals surface area (Å²) in [6.07, 6.45) is 1.53. The zero-order valence-corrected chi connectivity index (χ0v) is 10.8. The van der Waals surface area contributed by atoms with Crippen molar-refractivity contribution in [3.8, 4) is 0 Å². The van der Waals surface area contributed by atoms with Crippen LogP contribution in [-0.2, 0) is 20.3 Å². The highest BCUT2D eigenvalue weighted by Crippen LogP contribution is 1.90. The number of carbonyl (C=O) groups excluding carboxylic acids is 1. The Balaban J connectivity index is 4.11. The van der Waals surface area contributed by atoms with Crippen LogP contribution in [0.15, 0.2) is 0 Å². The third kappa shape index (κ3) is 8.64. The van der Waals surface area contributed by atoms with Gasteiger partial charge in [-0.25, -0.2) is 4.79 Å². The van der Waals surface area contributed by atoms with Crippen LogP contribution in [0.5, 0.6) is 0 Å². The van der Waals surface area contributed by atoms with E-state index in [2.05, 4.69) is 5.32 Å². The molecule has 0 aliphatic rings. The van der Waals surface area contributed by atoms with E-state index in [1.54, 1.807) is 0 Å². The molecule has 0 fully saturated rings. The Morgan fingerprint density at radius 1 is 1.47 bits per heavy atom. The van der Waals surface area contributed by atoms with Gasteiger partial charge in [0.15, 0.2) is 0 Å². The summed E-state index contributed by atoms with van der Waals surface area (Å²) in [4.78, 5) is 23.2. The van der Waals surface area contributed by atoms with Gasteiger partial charge < -0.3 is 20.1 Å². The smallest absolute Gasteiger partial charge is 0.323 e. The van der Waals surface area contributed by atoms with E-state index in [-0.39, 0.29) is 26.2 Å². The second-order valence-electron chi connectivity index (χ2n) is 3.32. The first-order chi connectivity index (χ1) is 7.97. The number of hydrogen-bond acceptors (Lipinski definition) is 4. The van der Waals surface area contributed by atoms with Crippen LogP contribution in [0.1, 0.15) is 0 Å². The Kier molecular flexibility index (Phi) is 8.34. The molecule has 1 atom stereocenters. The highest BCUT2D eigenvalue weighted by atomic mass is 32.2. The van der Waals surface area contributed by atoms with E-state index in [0.717, 1.165) is 4.90 Å². The Morgan fingerprint density at radius 2 is 2.12 bits per heavy atom. The van der Waals surface area contributed by atoms with E-state index in [0.29, 0.717) is 5.75 Å². The number of carbonyl (C=O) groups is 2. The molecule has 0 heterocycles. The van der Waals surface area contributed by atoms with Crippen molar-refractivity contribution >= 4 is 22.8 Å². The monoisotopic (exact) mass is 266 g/mol. The summed E-state index contributed by atoms with van der Waals surface area (Å²) in [6.45, 7) is 0.333.